The van der Waals surface area contributed by atoms with Crippen molar-refractivity contribution in [3.63, 3.8) is 0 Å². The summed E-state index contributed by atoms with van der Waals surface area (Å²) in [5.41, 5.74) is 6.56. The topological polar surface area (TPSA) is 93.5 Å². The summed E-state index contributed by atoms with van der Waals surface area (Å²) in [6, 6.07) is 7.30. The van der Waals surface area contributed by atoms with E-state index in [-0.39, 0.29) is 36.4 Å². The molecule has 2 atom stereocenters. The van der Waals surface area contributed by atoms with Gasteiger partial charge >= 0.3 is 0 Å². The second kappa shape index (κ2) is 7.77. The van der Waals surface area contributed by atoms with E-state index in [1.807, 2.05) is 0 Å². The highest BCUT2D eigenvalue weighted by atomic mass is 35.5. The maximum absolute atomic E-state index is 12.3. The molecule has 2 fully saturated rings. The summed E-state index contributed by atoms with van der Waals surface area (Å²) in [5, 5.41) is 5.74. The van der Waals surface area contributed by atoms with E-state index < -0.39 is 6.10 Å². The number of hydrogen-bond donors (Lipinski definition) is 3. The molecule has 1 aliphatic heterocycles. The molecule has 4 N–H and O–H groups in total. The fourth-order valence-corrected chi connectivity index (χ4v) is 2.57. The van der Waals surface area contributed by atoms with Crippen molar-refractivity contribution >= 4 is 29.9 Å². The Morgan fingerprint density at radius 3 is 2.57 bits per heavy atom. The van der Waals surface area contributed by atoms with Gasteiger partial charge in [0.1, 0.15) is 6.10 Å². The number of ether oxygens (including phenoxy) is 1. The standard InChI is InChI=1S/C16H21N3O3.ClH/c17-9-11-7-8-14(22-11)16(21)19-13-4-2-1-3-12(13)15(20)18-10-5-6-10;/h1-4,10-11,14H,5-9,17H2,(H,18,20)(H,19,21);1H/t11-,14+;/m1./s1. The summed E-state index contributed by atoms with van der Waals surface area (Å²) >= 11 is 0. The van der Waals surface area contributed by atoms with Crippen LogP contribution in [0.25, 0.3) is 0 Å². The van der Waals surface area contributed by atoms with Gasteiger partial charge in [0.2, 0.25) is 0 Å². The molecule has 0 bridgehead atoms. The van der Waals surface area contributed by atoms with Crippen molar-refractivity contribution in [3.05, 3.63) is 29.8 Å². The number of amides is 2. The number of carbonyl (C=O) groups is 2. The van der Waals surface area contributed by atoms with Gasteiger partial charge in [0.05, 0.1) is 17.4 Å². The first-order valence-corrected chi connectivity index (χ1v) is 7.73. The van der Waals surface area contributed by atoms with Crippen LogP contribution in [-0.4, -0.2) is 36.6 Å². The van der Waals surface area contributed by atoms with E-state index in [9.17, 15) is 9.59 Å². The van der Waals surface area contributed by atoms with Gasteiger partial charge < -0.3 is 21.1 Å². The highest BCUT2D eigenvalue weighted by Crippen LogP contribution is 2.23. The number of carbonyl (C=O) groups excluding carboxylic acids is 2. The molecule has 126 valence electrons. The number of para-hydroxylation sites is 1. The highest BCUT2D eigenvalue weighted by Gasteiger charge is 2.31. The average Bonchev–Trinajstić information content (AvgIpc) is 3.20. The summed E-state index contributed by atoms with van der Waals surface area (Å²) in [6.07, 6.45) is 2.95. The number of anilines is 1. The lowest BCUT2D eigenvalue weighted by Gasteiger charge is -2.15. The van der Waals surface area contributed by atoms with Crippen molar-refractivity contribution in [3.8, 4) is 0 Å². The zero-order valence-corrected chi connectivity index (χ0v) is 13.6. The average molecular weight is 340 g/mol. The first-order valence-electron chi connectivity index (χ1n) is 7.73. The first kappa shape index (κ1) is 17.7. The molecule has 1 saturated heterocycles. The fraction of sp³-hybridized carbons (Fsp3) is 0.500. The van der Waals surface area contributed by atoms with Gasteiger partial charge in [-0.2, -0.15) is 0 Å². The third kappa shape index (κ3) is 4.43. The van der Waals surface area contributed by atoms with Crippen LogP contribution < -0.4 is 16.4 Å². The molecule has 1 aliphatic carbocycles. The normalized spacial score (nSPS) is 23.0. The Kier molecular flexibility index (Phi) is 5.98. The van der Waals surface area contributed by atoms with Crippen molar-refractivity contribution in [2.24, 2.45) is 5.73 Å². The second-order valence-corrected chi connectivity index (χ2v) is 5.84. The van der Waals surface area contributed by atoms with Crippen LogP contribution in [0.5, 0.6) is 0 Å². The number of nitrogens with one attached hydrogen (secondary N) is 2. The van der Waals surface area contributed by atoms with Gasteiger partial charge in [-0.15, -0.1) is 12.4 Å². The lowest BCUT2D eigenvalue weighted by molar-refractivity contribution is -0.126. The lowest BCUT2D eigenvalue weighted by atomic mass is 10.1. The minimum atomic E-state index is -0.493. The Bertz CT molecular complexity index is 577. The molecule has 0 unspecified atom stereocenters. The molecule has 1 aromatic carbocycles. The minimum absolute atomic E-state index is 0. The van der Waals surface area contributed by atoms with Gasteiger partial charge in [0, 0.05) is 12.6 Å². The molecule has 0 aromatic heterocycles. The Morgan fingerprint density at radius 1 is 1.17 bits per heavy atom. The minimum Gasteiger partial charge on any atom is -0.364 e. The van der Waals surface area contributed by atoms with E-state index in [0.717, 1.165) is 19.3 Å². The summed E-state index contributed by atoms with van der Waals surface area (Å²) in [4.78, 5) is 24.5. The number of nitrogens with two attached hydrogens (primary N) is 1. The lowest BCUT2D eigenvalue weighted by Crippen LogP contribution is -2.31. The molecule has 1 aromatic rings. The van der Waals surface area contributed by atoms with Crippen LogP contribution in [0.3, 0.4) is 0 Å². The molecule has 2 amide bonds. The Morgan fingerprint density at radius 2 is 1.91 bits per heavy atom. The molecule has 6 nitrogen and oxygen atoms in total. The third-order valence-electron chi connectivity index (χ3n) is 4.01. The van der Waals surface area contributed by atoms with Crippen LogP contribution in [0.2, 0.25) is 0 Å². The van der Waals surface area contributed by atoms with Crippen LogP contribution in [0, 0.1) is 0 Å². The SMILES string of the molecule is Cl.NC[C@H]1CC[C@@H](C(=O)Nc2ccccc2C(=O)NC2CC2)O1. The third-order valence-corrected chi connectivity index (χ3v) is 4.01. The van der Waals surface area contributed by atoms with Crippen molar-refractivity contribution in [1.82, 2.24) is 5.32 Å². The molecule has 1 heterocycles. The molecule has 3 rings (SSSR count). The molecule has 0 radical (unpaired) electrons. The number of halogens is 1. The van der Waals surface area contributed by atoms with Crippen LogP contribution >= 0.6 is 12.4 Å². The van der Waals surface area contributed by atoms with E-state index in [1.54, 1.807) is 24.3 Å². The van der Waals surface area contributed by atoms with Gasteiger partial charge in [0.25, 0.3) is 11.8 Å². The van der Waals surface area contributed by atoms with Crippen LogP contribution in [0.1, 0.15) is 36.0 Å². The van der Waals surface area contributed by atoms with Crippen LogP contribution in [0.15, 0.2) is 24.3 Å². The van der Waals surface area contributed by atoms with Gasteiger partial charge in [-0.05, 0) is 37.8 Å². The second-order valence-electron chi connectivity index (χ2n) is 5.84. The Hall–Kier alpha value is -1.63. The Labute approximate surface area is 141 Å². The monoisotopic (exact) mass is 339 g/mol. The van der Waals surface area contributed by atoms with E-state index in [4.69, 9.17) is 10.5 Å². The van der Waals surface area contributed by atoms with Gasteiger partial charge in [0.15, 0.2) is 0 Å². The predicted octanol–water partition coefficient (Wildman–Crippen LogP) is 1.45. The first-order chi connectivity index (χ1) is 10.7. The number of hydrogen-bond acceptors (Lipinski definition) is 4. The highest BCUT2D eigenvalue weighted by molar-refractivity contribution is 6.04. The quantitative estimate of drug-likeness (QED) is 0.756. The smallest absolute Gasteiger partial charge is 0.253 e. The van der Waals surface area contributed by atoms with Crippen molar-refractivity contribution in [1.29, 1.82) is 0 Å². The molecule has 2 aliphatic rings. The van der Waals surface area contributed by atoms with Gasteiger partial charge in [-0.1, -0.05) is 12.1 Å². The molecular formula is C16H22ClN3O3. The maximum Gasteiger partial charge on any atom is 0.253 e. The van der Waals surface area contributed by atoms with Crippen molar-refractivity contribution in [2.75, 3.05) is 11.9 Å². The van der Waals surface area contributed by atoms with E-state index in [0.29, 0.717) is 24.2 Å². The van der Waals surface area contributed by atoms with Crippen LogP contribution in [0.4, 0.5) is 5.69 Å². The van der Waals surface area contributed by atoms with Crippen LogP contribution in [-0.2, 0) is 9.53 Å². The summed E-state index contributed by atoms with van der Waals surface area (Å²) in [7, 11) is 0. The summed E-state index contributed by atoms with van der Waals surface area (Å²) in [5.74, 6) is -0.367. The molecule has 23 heavy (non-hydrogen) atoms. The molecule has 1 saturated carbocycles. The zero-order chi connectivity index (χ0) is 15.5. The molecular weight excluding hydrogens is 318 g/mol. The maximum atomic E-state index is 12.3. The Balaban J connectivity index is 0.00000192. The number of benzene rings is 1. The van der Waals surface area contributed by atoms with Crippen molar-refractivity contribution < 1.29 is 14.3 Å². The van der Waals surface area contributed by atoms with E-state index >= 15 is 0 Å². The molecule has 0 spiro atoms. The largest absolute Gasteiger partial charge is 0.364 e. The van der Waals surface area contributed by atoms with Crippen molar-refractivity contribution in [2.45, 2.75) is 43.9 Å². The fourth-order valence-electron chi connectivity index (χ4n) is 2.57. The summed E-state index contributed by atoms with van der Waals surface area (Å²) in [6.45, 7) is 0.421. The molecule has 7 heteroatoms. The van der Waals surface area contributed by atoms with E-state index in [1.165, 1.54) is 0 Å². The number of rotatable bonds is 5. The zero-order valence-electron chi connectivity index (χ0n) is 12.8. The van der Waals surface area contributed by atoms with Gasteiger partial charge in [-0.25, -0.2) is 0 Å². The van der Waals surface area contributed by atoms with Gasteiger partial charge in [-0.3, -0.25) is 9.59 Å². The predicted molar refractivity (Wildman–Crippen MR) is 89.8 cm³/mol. The van der Waals surface area contributed by atoms with E-state index in [2.05, 4.69) is 10.6 Å². The summed E-state index contributed by atoms with van der Waals surface area (Å²) < 4.78 is 5.58.